The minimum Gasteiger partial charge on any atom is -0.373 e. The molecule has 3 aromatic heterocycles. The molecule has 0 radical (unpaired) electrons. The van der Waals surface area contributed by atoms with E-state index in [2.05, 4.69) is 52.4 Å². The first-order valence-electron chi connectivity index (χ1n) is 9.34. The van der Waals surface area contributed by atoms with Crippen LogP contribution in [0.5, 0.6) is 0 Å². The molecule has 0 saturated heterocycles. The zero-order valence-corrected chi connectivity index (χ0v) is 16.6. The minimum atomic E-state index is 0.252. The number of aryl methyl sites for hydroxylation is 1. The van der Waals surface area contributed by atoms with Crippen LogP contribution in [0.1, 0.15) is 38.8 Å². The van der Waals surface area contributed by atoms with Crippen LogP contribution >= 0.6 is 0 Å². The van der Waals surface area contributed by atoms with Crippen LogP contribution in [0, 0.1) is 6.92 Å². The van der Waals surface area contributed by atoms with Crippen molar-refractivity contribution in [3.05, 3.63) is 36.3 Å². The van der Waals surface area contributed by atoms with E-state index in [0.717, 1.165) is 46.9 Å². The van der Waals surface area contributed by atoms with E-state index in [1.807, 2.05) is 37.1 Å². The summed E-state index contributed by atoms with van der Waals surface area (Å²) in [7, 11) is 1.87. The van der Waals surface area contributed by atoms with Crippen LogP contribution < -0.4 is 10.6 Å². The summed E-state index contributed by atoms with van der Waals surface area (Å²) in [6.45, 7) is 9.23. The van der Waals surface area contributed by atoms with Crippen LogP contribution in [0.25, 0.3) is 22.5 Å². The second-order valence-corrected chi connectivity index (χ2v) is 6.80. The molecule has 0 fully saturated rings. The van der Waals surface area contributed by atoms with Gasteiger partial charge in [0, 0.05) is 49.4 Å². The van der Waals surface area contributed by atoms with Crippen LogP contribution in [0.3, 0.4) is 0 Å². The molecule has 0 atom stereocenters. The fourth-order valence-corrected chi connectivity index (χ4v) is 2.85. The molecule has 27 heavy (non-hydrogen) atoms. The highest BCUT2D eigenvalue weighted by Gasteiger charge is 2.17. The van der Waals surface area contributed by atoms with Gasteiger partial charge in [-0.2, -0.15) is 5.10 Å². The highest BCUT2D eigenvalue weighted by Crippen LogP contribution is 2.32. The second-order valence-electron chi connectivity index (χ2n) is 6.80. The first kappa shape index (κ1) is 18.8. The van der Waals surface area contributed by atoms with E-state index in [9.17, 15) is 0 Å². The third-order valence-corrected chi connectivity index (χ3v) is 4.31. The van der Waals surface area contributed by atoms with Crippen LogP contribution in [0.2, 0.25) is 0 Å². The number of rotatable bonds is 7. The quantitative estimate of drug-likeness (QED) is 0.654. The first-order valence-corrected chi connectivity index (χ1v) is 9.34. The molecule has 0 bridgehead atoms. The number of nitrogens with zero attached hydrogens (tertiary/aromatic N) is 5. The topological polar surface area (TPSA) is 80.5 Å². The maximum absolute atomic E-state index is 4.82. The fourth-order valence-electron chi connectivity index (χ4n) is 2.85. The maximum atomic E-state index is 4.82. The molecule has 3 heterocycles. The fraction of sp³-hybridized carbons (Fsp3) is 0.400. The third kappa shape index (κ3) is 4.07. The highest BCUT2D eigenvalue weighted by molar-refractivity contribution is 5.79. The minimum absolute atomic E-state index is 0.252. The average Bonchev–Trinajstić information content (AvgIpc) is 3.12. The highest BCUT2D eigenvalue weighted by atomic mass is 15.3. The summed E-state index contributed by atoms with van der Waals surface area (Å²) < 4.78 is 1.97. The number of aromatic nitrogens is 5. The number of hydrogen-bond acceptors (Lipinski definition) is 6. The molecular formula is C20H27N7. The van der Waals surface area contributed by atoms with Crippen molar-refractivity contribution in [3.63, 3.8) is 0 Å². The summed E-state index contributed by atoms with van der Waals surface area (Å²) in [5.74, 6) is 1.51. The molecule has 0 amide bonds. The number of anilines is 2. The molecule has 2 N–H and O–H groups in total. The molecule has 0 spiro atoms. The second kappa shape index (κ2) is 8.16. The Kier molecular flexibility index (Phi) is 5.69. The van der Waals surface area contributed by atoms with Crippen molar-refractivity contribution in [2.24, 2.45) is 0 Å². The summed E-state index contributed by atoms with van der Waals surface area (Å²) in [5, 5.41) is 11.2. The molecule has 7 nitrogen and oxygen atoms in total. The molecular weight excluding hydrogens is 338 g/mol. The molecule has 3 rings (SSSR count). The van der Waals surface area contributed by atoms with Gasteiger partial charge in [0.2, 0.25) is 5.95 Å². The largest absolute Gasteiger partial charge is 0.373 e. The summed E-state index contributed by atoms with van der Waals surface area (Å²) >= 11 is 0. The summed E-state index contributed by atoms with van der Waals surface area (Å²) in [5.41, 5.74) is 4.75. The Morgan fingerprint density at radius 3 is 2.70 bits per heavy atom. The lowest BCUT2D eigenvalue weighted by atomic mass is 10.1. The van der Waals surface area contributed by atoms with E-state index in [4.69, 9.17) is 5.10 Å². The third-order valence-electron chi connectivity index (χ3n) is 4.31. The Hall–Kier alpha value is -2.96. The van der Waals surface area contributed by atoms with Gasteiger partial charge in [0.05, 0.1) is 5.69 Å². The van der Waals surface area contributed by atoms with Crippen LogP contribution in [0.15, 0.2) is 30.7 Å². The lowest BCUT2D eigenvalue weighted by Gasteiger charge is -2.08. The summed E-state index contributed by atoms with van der Waals surface area (Å²) in [6.07, 6.45) is 6.71. The van der Waals surface area contributed by atoms with Gasteiger partial charge in [0.15, 0.2) is 0 Å². The lowest BCUT2D eigenvalue weighted by Crippen LogP contribution is -2.04. The molecule has 0 aliphatic carbocycles. The smallest absolute Gasteiger partial charge is 0.223 e. The molecule has 7 heteroatoms. The van der Waals surface area contributed by atoms with Crippen molar-refractivity contribution in [2.45, 2.75) is 40.2 Å². The van der Waals surface area contributed by atoms with Gasteiger partial charge in [-0.25, -0.2) is 15.0 Å². The van der Waals surface area contributed by atoms with Crippen molar-refractivity contribution in [3.8, 4) is 22.5 Å². The average molecular weight is 365 g/mol. The van der Waals surface area contributed by atoms with Gasteiger partial charge in [-0.15, -0.1) is 0 Å². The van der Waals surface area contributed by atoms with Crippen molar-refractivity contribution >= 4 is 11.8 Å². The Labute approximate surface area is 160 Å². The van der Waals surface area contributed by atoms with Gasteiger partial charge in [0.1, 0.15) is 11.5 Å². The SMILES string of the molecule is CCCNc1nccc(-c2cn(C(C)C)nc2-c2cnc(NC)c(C)c2)n1. The van der Waals surface area contributed by atoms with Gasteiger partial charge in [-0.1, -0.05) is 6.92 Å². The van der Waals surface area contributed by atoms with Gasteiger partial charge in [-0.05, 0) is 44.9 Å². The van der Waals surface area contributed by atoms with Crippen molar-refractivity contribution in [1.82, 2.24) is 24.7 Å². The van der Waals surface area contributed by atoms with E-state index < -0.39 is 0 Å². The monoisotopic (exact) mass is 365 g/mol. The predicted octanol–water partition coefficient (Wildman–Crippen LogP) is 4.16. The Bertz CT molecular complexity index is 914. The van der Waals surface area contributed by atoms with Crippen molar-refractivity contribution < 1.29 is 0 Å². The Balaban J connectivity index is 2.09. The number of nitrogens with one attached hydrogen (secondary N) is 2. The zero-order chi connectivity index (χ0) is 19.4. The van der Waals surface area contributed by atoms with Crippen LogP contribution in [-0.4, -0.2) is 38.3 Å². The van der Waals surface area contributed by atoms with Gasteiger partial charge in [0.25, 0.3) is 0 Å². The molecule has 0 saturated carbocycles. The van der Waals surface area contributed by atoms with Crippen molar-refractivity contribution in [2.75, 3.05) is 24.2 Å². The molecule has 142 valence electrons. The first-order chi connectivity index (χ1) is 13.0. The molecule has 0 unspecified atom stereocenters. The Morgan fingerprint density at radius 2 is 2.04 bits per heavy atom. The lowest BCUT2D eigenvalue weighted by molar-refractivity contribution is 0.534. The normalized spacial score (nSPS) is 11.0. The number of pyridine rings is 1. The van der Waals surface area contributed by atoms with Gasteiger partial charge in [-0.3, -0.25) is 4.68 Å². The molecule has 0 aromatic carbocycles. The summed E-state index contributed by atoms with van der Waals surface area (Å²) in [6, 6.07) is 4.28. The predicted molar refractivity (Wildman–Crippen MR) is 110 cm³/mol. The number of hydrogen-bond donors (Lipinski definition) is 2. The van der Waals surface area contributed by atoms with Gasteiger partial charge >= 0.3 is 0 Å². The zero-order valence-electron chi connectivity index (χ0n) is 16.6. The van der Waals surface area contributed by atoms with E-state index in [-0.39, 0.29) is 6.04 Å². The standard InChI is InChI=1S/C20H27N7/c1-6-8-22-20-23-9-7-17(25-20)16-12-27(13(2)3)26-18(16)15-10-14(4)19(21-5)24-11-15/h7,9-13H,6,8H2,1-5H3,(H,21,24)(H,22,23,25). The van der Waals surface area contributed by atoms with Crippen molar-refractivity contribution in [1.29, 1.82) is 0 Å². The van der Waals surface area contributed by atoms with E-state index >= 15 is 0 Å². The molecule has 3 aromatic rings. The maximum Gasteiger partial charge on any atom is 0.223 e. The molecule has 0 aliphatic rings. The van der Waals surface area contributed by atoms with Gasteiger partial charge < -0.3 is 10.6 Å². The van der Waals surface area contributed by atoms with E-state index in [1.165, 1.54) is 0 Å². The van der Waals surface area contributed by atoms with E-state index in [0.29, 0.717) is 5.95 Å². The van der Waals surface area contributed by atoms with Crippen LogP contribution in [0.4, 0.5) is 11.8 Å². The van der Waals surface area contributed by atoms with E-state index in [1.54, 1.807) is 6.20 Å². The Morgan fingerprint density at radius 1 is 1.22 bits per heavy atom. The van der Waals surface area contributed by atoms with Crippen LogP contribution in [-0.2, 0) is 0 Å². The summed E-state index contributed by atoms with van der Waals surface area (Å²) in [4.78, 5) is 13.5. The molecule has 0 aliphatic heterocycles.